The van der Waals surface area contributed by atoms with Crippen LogP contribution in [0.15, 0.2) is 24.4 Å². The lowest BCUT2D eigenvalue weighted by atomic mass is 10.1. The molecule has 1 saturated carbocycles. The highest BCUT2D eigenvalue weighted by atomic mass is 16.2. The second-order valence-corrected chi connectivity index (χ2v) is 6.95. The number of rotatable bonds is 4. The Kier molecular flexibility index (Phi) is 3.75. The fourth-order valence-corrected chi connectivity index (χ4v) is 3.51. The van der Waals surface area contributed by atoms with E-state index in [9.17, 15) is 4.79 Å². The topological polar surface area (TPSA) is 65.1 Å². The van der Waals surface area contributed by atoms with Gasteiger partial charge < -0.3 is 14.8 Å². The van der Waals surface area contributed by atoms with Crippen molar-refractivity contribution in [2.45, 2.75) is 37.6 Å². The minimum Gasteiger partial charge on any atom is -0.361 e. The number of aromatic nitrogens is 3. The second kappa shape index (κ2) is 5.92. The van der Waals surface area contributed by atoms with E-state index in [2.05, 4.69) is 21.2 Å². The monoisotopic (exact) mass is 325 g/mol. The largest absolute Gasteiger partial charge is 0.361 e. The van der Waals surface area contributed by atoms with E-state index in [1.165, 1.54) is 18.4 Å². The Hall–Kier alpha value is -2.37. The van der Waals surface area contributed by atoms with E-state index in [0.29, 0.717) is 5.92 Å². The fraction of sp³-hybridized carbons (Fsp3) is 0.500. The Labute approximate surface area is 141 Å². The SMILES string of the molecule is CN(C)c1ccc(C2CCCN2C(=O)c2[nH]ccc2C2CC2)nn1. The number of anilines is 1. The summed E-state index contributed by atoms with van der Waals surface area (Å²) in [7, 11) is 3.89. The van der Waals surface area contributed by atoms with Gasteiger partial charge in [0, 0.05) is 26.8 Å². The molecule has 0 radical (unpaired) electrons. The molecule has 1 amide bonds. The van der Waals surface area contributed by atoms with Gasteiger partial charge in [-0.3, -0.25) is 4.79 Å². The first-order chi connectivity index (χ1) is 11.6. The lowest BCUT2D eigenvalue weighted by molar-refractivity contribution is 0.0726. The van der Waals surface area contributed by atoms with Crippen LogP contribution in [-0.2, 0) is 0 Å². The third-order valence-electron chi connectivity index (χ3n) is 4.99. The Balaban J connectivity index is 1.58. The second-order valence-electron chi connectivity index (χ2n) is 6.95. The van der Waals surface area contributed by atoms with Crippen molar-refractivity contribution in [1.82, 2.24) is 20.1 Å². The molecule has 1 atom stereocenters. The normalized spacial score (nSPS) is 20.4. The Morgan fingerprint density at radius 2 is 2.04 bits per heavy atom. The third-order valence-corrected chi connectivity index (χ3v) is 4.99. The van der Waals surface area contributed by atoms with Crippen molar-refractivity contribution in [2.24, 2.45) is 0 Å². The highest BCUT2D eigenvalue weighted by Gasteiger charge is 2.35. The van der Waals surface area contributed by atoms with Crippen LogP contribution in [0, 0.1) is 0 Å². The maximum atomic E-state index is 13.1. The van der Waals surface area contributed by atoms with Crippen molar-refractivity contribution in [3.05, 3.63) is 41.3 Å². The number of aromatic amines is 1. The van der Waals surface area contributed by atoms with Crippen molar-refractivity contribution in [3.63, 3.8) is 0 Å². The van der Waals surface area contributed by atoms with Gasteiger partial charge in [0.1, 0.15) is 5.69 Å². The first-order valence-electron chi connectivity index (χ1n) is 8.64. The molecule has 6 heteroatoms. The molecule has 2 aliphatic rings. The zero-order valence-corrected chi connectivity index (χ0v) is 14.2. The number of carbonyl (C=O) groups excluding carboxylic acids is 1. The third kappa shape index (κ3) is 2.66. The van der Waals surface area contributed by atoms with Crippen molar-refractivity contribution >= 4 is 11.7 Å². The minimum atomic E-state index is 0.0246. The number of hydrogen-bond acceptors (Lipinski definition) is 4. The average Bonchev–Trinajstić information content (AvgIpc) is 3.13. The number of carbonyl (C=O) groups is 1. The van der Waals surface area contributed by atoms with Crippen molar-refractivity contribution in [2.75, 3.05) is 25.5 Å². The van der Waals surface area contributed by atoms with Crippen LogP contribution in [-0.4, -0.2) is 46.6 Å². The van der Waals surface area contributed by atoms with Gasteiger partial charge in [-0.05, 0) is 55.4 Å². The molecule has 0 aromatic carbocycles. The zero-order valence-electron chi connectivity index (χ0n) is 14.2. The predicted molar refractivity (Wildman–Crippen MR) is 92.1 cm³/mol. The van der Waals surface area contributed by atoms with Crippen LogP contribution in [0.3, 0.4) is 0 Å². The number of nitrogens with one attached hydrogen (secondary N) is 1. The van der Waals surface area contributed by atoms with E-state index in [1.54, 1.807) is 0 Å². The van der Waals surface area contributed by atoms with Gasteiger partial charge in [0.05, 0.1) is 11.7 Å². The molecule has 2 aromatic heterocycles. The van der Waals surface area contributed by atoms with Crippen LogP contribution in [0.5, 0.6) is 0 Å². The minimum absolute atomic E-state index is 0.0246. The molecule has 1 aliphatic heterocycles. The molecule has 3 heterocycles. The average molecular weight is 325 g/mol. The number of H-pyrrole nitrogens is 1. The Morgan fingerprint density at radius 3 is 2.71 bits per heavy atom. The first-order valence-corrected chi connectivity index (χ1v) is 8.64. The molecule has 1 unspecified atom stereocenters. The Bertz CT molecular complexity index is 732. The van der Waals surface area contributed by atoms with Gasteiger partial charge in [0.2, 0.25) is 0 Å². The molecule has 2 aromatic rings. The highest BCUT2D eigenvalue weighted by Crippen LogP contribution is 2.42. The number of nitrogens with zero attached hydrogens (tertiary/aromatic N) is 4. The summed E-state index contributed by atoms with van der Waals surface area (Å²) in [6.07, 6.45) is 6.23. The van der Waals surface area contributed by atoms with Gasteiger partial charge in [-0.1, -0.05) is 0 Å². The summed E-state index contributed by atoms with van der Waals surface area (Å²) in [5.41, 5.74) is 2.83. The van der Waals surface area contributed by atoms with Crippen LogP contribution in [0.1, 0.15) is 59.4 Å². The molecule has 1 aliphatic carbocycles. The van der Waals surface area contributed by atoms with Gasteiger partial charge >= 0.3 is 0 Å². The molecule has 6 nitrogen and oxygen atoms in total. The van der Waals surface area contributed by atoms with Crippen molar-refractivity contribution in [3.8, 4) is 0 Å². The molecule has 1 N–H and O–H groups in total. The quantitative estimate of drug-likeness (QED) is 0.939. The van der Waals surface area contributed by atoms with Crippen LogP contribution in [0.4, 0.5) is 5.82 Å². The summed E-state index contributed by atoms with van der Waals surface area (Å²) in [6.45, 7) is 0.781. The molecule has 1 saturated heterocycles. The van der Waals surface area contributed by atoms with Gasteiger partial charge in [0.25, 0.3) is 5.91 Å². The van der Waals surface area contributed by atoms with E-state index >= 15 is 0 Å². The number of hydrogen-bond donors (Lipinski definition) is 1. The van der Waals surface area contributed by atoms with Crippen LogP contribution < -0.4 is 4.90 Å². The molecule has 0 spiro atoms. The zero-order chi connectivity index (χ0) is 16.7. The van der Waals surface area contributed by atoms with Gasteiger partial charge in [0.15, 0.2) is 5.82 Å². The standard InChI is InChI=1S/C18H23N5O/c1-22(2)16-8-7-14(20-21-16)15-4-3-11-23(15)18(24)17-13(9-10-19-17)12-5-6-12/h7-10,12,15,19H,3-6,11H2,1-2H3. The van der Waals surface area contributed by atoms with Crippen LogP contribution >= 0.6 is 0 Å². The number of likely N-dealkylation sites (tertiary alicyclic amines) is 1. The van der Waals surface area contributed by atoms with Gasteiger partial charge in [-0.15, -0.1) is 5.10 Å². The summed E-state index contributed by atoms with van der Waals surface area (Å²) >= 11 is 0. The van der Waals surface area contributed by atoms with Crippen LogP contribution in [0.25, 0.3) is 0 Å². The molecule has 4 rings (SSSR count). The lowest BCUT2D eigenvalue weighted by Crippen LogP contribution is -2.32. The van der Waals surface area contributed by atoms with Crippen molar-refractivity contribution in [1.29, 1.82) is 0 Å². The maximum Gasteiger partial charge on any atom is 0.271 e. The first kappa shape index (κ1) is 15.2. The summed E-state index contributed by atoms with van der Waals surface area (Å²) in [4.78, 5) is 20.1. The molecule has 126 valence electrons. The molecule has 24 heavy (non-hydrogen) atoms. The lowest BCUT2D eigenvalue weighted by Gasteiger charge is -2.24. The van der Waals surface area contributed by atoms with Gasteiger partial charge in [-0.2, -0.15) is 5.10 Å². The fourth-order valence-electron chi connectivity index (χ4n) is 3.51. The maximum absolute atomic E-state index is 13.1. The summed E-state index contributed by atoms with van der Waals surface area (Å²) in [5.74, 6) is 1.49. The van der Waals surface area contributed by atoms with E-state index < -0.39 is 0 Å². The summed E-state index contributed by atoms with van der Waals surface area (Å²) in [5, 5.41) is 8.64. The van der Waals surface area contributed by atoms with E-state index in [-0.39, 0.29) is 11.9 Å². The number of amides is 1. The van der Waals surface area contributed by atoms with Gasteiger partial charge in [-0.25, -0.2) is 0 Å². The molecule has 0 bridgehead atoms. The summed E-state index contributed by atoms with van der Waals surface area (Å²) < 4.78 is 0. The van der Waals surface area contributed by atoms with E-state index in [1.807, 2.05) is 42.2 Å². The smallest absolute Gasteiger partial charge is 0.271 e. The highest BCUT2D eigenvalue weighted by molar-refractivity contribution is 5.94. The van der Waals surface area contributed by atoms with E-state index in [4.69, 9.17) is 0 Å². The summed E-state index contributed by atoms with van der Waals surface area (Å²) in [6, 6.07) is 6.04. The van der Waals surface area contributed by atoms with E-state index in [0.717, 1.165) is 36.6 Å². The molecular formula is C18H23N5O. The molecular weight excluding hydrogens is 302 g/mol. The predicted octanol–water partition coefficient (Wildman–Crippen LogP) is 2.73. The molecule has 2 fully saturated rings. The van der Waals surface area contributed by atoms with Crippen LogP contribution in [0.2, 0.25) is 0 Å². The Morgan fingerprint density at radius 1 is 1.21 bits per heavy atom. The van der Waals surface area contributed by atoms with Crippen molar-refractivity contribution < 1.29 is 4.79 Å².